The molecule has 4 fully saturated rings. The summed E-state index contributed by atoms with van der Waals surface area (Å²) in [6.45, 7) is 14.3. The number of hydrogen-bond acceptors (Lipinski definition) is 12. The van der Waals surface area contributed by atoms with Gasteiger partial charge in [-0.2, -0.15) is 0 Å². The molecule has 3 aromatic heterocycles. The predicted molar refractivity (Wildman–Crippen MR) is 258 cm³/mol. The molecule has 7 aliphatic rings. The van der Waals surface area contributed by atoms with Crippen LogP contribution < -0.4 is 30.9 Å². The number of anilines is 5. The molecule has 0 bridgehead atoms. The summed E-state index contributed by atoms with van der Waals surface area (Å²) in [5.41, 5.74) is 7.55. The summed E-state index contributed by atoms with van der Waals surface area (Å²) in [5.74, 6) is -1.24. The fourth-order valence-corrected chi connectivity index (χ4v) is 12.3. The van der Waals surface area contributed by atoms with Gasteiger partial charge in [-0.25, -0.2) is 4.98 Å². The quantitative estimate of drug-likeness (QED) is 0.243. The number of carbonyl (C=O) groups is 5. The van der Waals surface area contributed by atoms with Gasteiger partial charge in [0, 0.05) is 108 Å². The van der Waals surface area contributed by atoms with Gasteiger partial charge in [0.25, 0.3) is 23.3 Å². The van der Waals surface area contributed by atoms with Gasteiger partial charge < -0.3 is 34.1 Å². The lowest BCUT2D eigenvalue weighted by atomic mass is 9.90. The highest BCUT2D eigenvalue weighted by atomic mass is 16.2. The summed E-state index contributed by atoms with van der Waals surface area (Å²) in [6.07, 6.45) is 9.90. The van der Waals surface area contributed by atoms with Crippen molar-refractivity contribution in [2.75, 3.05) is 72.4 Å². The number of benzene rings is 1. The second kappa shape index (κ2) is 16.9. The molecule has 9 heterocycles. The summed E-state index contributed by atoms with van der Waals surface area (Å²) in [7, 11) is 1.78. The molecule has 1 aromatic carbocycles. The van der Waals surface area contributed by atoms with E-state index in [1.165, 1.54) is 11.3 Å². The third-order valence-corrected chi connectivity index (χ3v) is 15.8. The Morgan fingerprint density at radius 2 is 1.50 bits per heavy atom. The molecule has 2 unspecified atom stereocenters. The van der Waals surface area contributed by atoms with E-state index in [1.54, 1.807) is 23.7 Å². The summed E-state index contributed by atoms with van der Waals surface area (Å²) in [4.78, 5) is 95.7. The summed E-state index contributed by atoms with van der Waals surface area (Å²) >= 11 is 0. The van der Waals surface area contributed by atoms with Crippen molar-refractivity contribution in [3.8, 4) is 0 Å². The first-order valence-corrected chi connectivity index (χ1v) is 24.5. The lowest BCUT2D eigenvalue weighted by Gasteiger charge is -2.46. The van der Waals surface area contributed by atoms with E-state index in [0.29, 0.717) is 35.2 Å². The molecule has 17 heteroatoms. The highest BCUT2D eigenvalue weighted by Crippen LogP contribution is 2.40. The molecule has 3 atom stereocenters. The second-order valence-corrected chi connectivity index (χ2v) is 20.9. The van der Waals surface area contributed by atoms with E-state index in [4.69, 9.17) is 4.98 Å². The molecule has 5 amide bonds. The number of rotatable bonds is 8. The van der Waals surface area contributed by atoms with Crippen molar-refractivity contribution in [2.24, 2.45) is 12.5 Å². The number of piperidine rings is 3. The number of aryl methyl sites for hydroxylation is 1. The number of nitrogens with one attached hydrogen (secondary N) is 2. The first-order valence-electron chi connectivity index (χ1n) is 24.5. The predicted octanol–water partition coefficient (Wildman–Crippen LogP) is 4.16. The van der Waals surface area contributed by atoms with Crippen LogP contribution in [-0.2, 0) is 36.0 Å². The molecule has 6 aliphatic heterocycles. The average molecular weight is 924 g/mol. The van der Waals surface area contributed by atoms with Gasteiger partial charge in [0.1, 0.15) is 23.2 Å². The van der Waals surface area contributed by atoms with Crippen molar-refractivity contribution < 1.29 is 24.0 Å². The van der Waals surface area contributed by atoms with Crippen LogP contribution in [0.25, 0.3) is 0 Å². The molecule has 17 nitrogen and oxygen atoms in total. The van der Waals surface area contributed by atoms with E-state index in [-0.39, 0.29) is 41.8 Å². The second-order valence-electron chi connectivity index (χ2n) is 20.9. The van der Waals surface area contributed by atoms with Crippen LogP contribution in [0.2, 0.25) is 0 Å². The first-order chi connectivity index (χ1) is 32.7. The highest BCUT2D eigenvalue weighted by molar-refractivity contribution is 6.23. The molecule has 4 aromatic rings. The highest BCUT2D eigenvalue weighted by Gasteiger charge is 2.45. The van der Waals surface area contributed by atoms with Gasteiger partial charge in [-0.15, -0.1) is 0 Å². The Hall–Kier alpha value is -6.49. The molecule has 0 radical (unpaired) electrons. The lowest BCUT2D eigenvalue weighted by molar-refractivity contribution is -0.136. The Morgan fingerprint density at radius 1 is 0.721 bits per heavy atom. The number of piperazine rings is 1. The van der Waals surface area contributed by atoms with E-state index in [2.05, 4.69) is 72.6 Å². The first kappa shape index (κ1) is 44.0. The summed E-state index contributed by atoms with van der Waals surface area (Å²) in [5, 5.41) is 5.58. The standard InChI is InChI=1S/C51H61N11O6/c1-31-28-58(33-13-16-56(17-14-33)34-7-9-38-39(23-34)48(66)62(47(38)65)41-10-12-45(63)54-46(41)64)18-19-59(31)35-8-11-44(52-27-35)53-40-24-37(29-55(4)49(40)67)57-15-5-6-36(30-57)60-20-21-61-42(50(60)68)22-32-25-51(2,3)26-43(32)61/h7-9,11,22-24,27,29,31,33,36,41H,5-6,10,12-21,25-26,28,30H2,1-4H3,(H,52,53)(H,54,63,64)/t31-,36?,41?/m0/s1. The Labute approximate surface area is 396 Å². The maximum Gasteiger partial charge on any atom is 0.274 e. The summed E-state index contributed by atoms with van der Waals surface area (Å²) < 4.78 is 3.91. The van der Waals surface area contributed by atoms with Gasteiger partial charge in [0.15, 0.2) is 0 Å². The molecule has 11 rings (SSSR count). The van der Waals surface area contributed by atoms with Crippen LogP contribution in [-0.4, -0.2) is 135 Å². The van der Waals surface area contributed by atoms with Gasteiger partial charge >= 0.3 is 0 Å². The van der Waals surface area contributed by atoms with E-state index in [9.17, 15) is 28.8 Å². The van der Waals surface area contributed by atoms with Crippen molar-refractivity contribution in [3.05, 3.63) is 93.3 Å². The zero-order valence-corrected chi connectivity index (χ0v) is 39.5. The van der Waals surface area contributed by atoms with E-state index >= 15 is 0 Å². The Kier molecular flexibility index (Phi) is 11.0. The van der Waals surface area contributed by atoms with Crippen molar-refractivity contribution in [2.45, 2.75) is 103 Å². The molecule has 356 valence electrons. The minimum absolute atomic E-state index is 0.0874. The average Bonchev–Trinajstić information content (AvgIpc) is 3.92. The fourth-order valence-electron chi connectivity index (χ4n) is 12.3. The molecule has 2 N–H and O–H groups in total. The monoisotopic (exact) mass is 923 g/mol. The van der Waals surface area contributed by atoms with Crippen LogP contribution in [0.1, 0.15) is 102 Å². The van der Waals surface area contributed by atoms with Gasteiger partial charge in [0.2, 0.25) is 11.8 Å². The Balaban J connectivity index is 0.684. The molecule has 0 spiro atoms. The van der Waals surface area contributed by atoms with Crippen LogP contribution in [0.4, 0.5) is 28.6 Å². The zero-order chi connectivity index (χ0) is 47.2. The molecular formula is C51H61N11O6. The number of amides is 5. The van der Waals surface area contributed by atoms with Gasteiger partial charge in [-0.05, 0) is 105 Å². The fraction of sp³-hybridized carbons (Fsp3) is 0.510. The number of nitrogens with zero attached hydrogens (tertiary/aromatic N) is 9. The molecule has 0 saturated carbocycles. The zero-order valence-electron chi connectivity index (χ0n) is 39.5. The van der Waals surface area contributed by atoms with Crippen molar-refractivity contribution in [3.63, 3.8) is 0 Å². The van der Waals surface area contributed by atoms with Gasteiger partial charge in [0.05, 0.1) is 28.7 Å². The van der Waals surface area contributed by atoms with E-state index in [1.807, 2.05) is 30.6 Å². The van der Waals surface area contributed by atoms with Gasteiger partial charge in [-0.1, -0.05) is 13.8 Å². The number of pyridine rings is 2. The molecule has 68 heavy (non-hydrogen) atoms. The number of imide groups is 2. The van der Waals surface area contributed by atoms with Crippen LogP contribution in [0.3, 0.4) is 0 Å². The van der Waals surface area contributed by atoms with E-state index in [0.717, 1.165) is 119 Å². The normalized spacial score (nSPS) is 24.4. The van der Waals surface area contributed by atoms with Crippen LogP contribution in [0.15, 0.2) is 59.7 Å². The largest absolute Gasteiger partial charge is 0.371 e. The van der Waals surface area contributed by atoms with E-state index < -0.39 is 29.7 Å². The van der Waals surface area contributed by atoms with Crippen LogP contribution in [0.5, 0.6) is 0 Å². The maximum atomic E-state index is 13.9. The Bertz CT molecular complexity index is 2790. The number of fused-ring (bicyclic) bond motifs is 4. The topological polar surface area (TPSA) is 169 Å². The van der Waals surface area contributed by atoms with Crippen molar-refractivity contribution in [1.82, 2.24) is 34.1 Å². The molecule has 4 saturated heterocycles. The van der Waals surface area contributed by atoms with Crippen LogP contribution >= 0.6 is 0 Å². The van der Waals surface area contributed by atoms with Gasteiger partial charge in [-0.3, -0.25) is 43.9 Å². The minimum Gasteiger partial charge on any atom is -0.371 e. The summed E-state index contributed by atoms with van der Waals surface area (Å²) in [6, 6.07) is 13.2. The van der Waals surface area contributed by atoms with Crippen molar-refractivity contribution in [1.29, 1.82) is 0 Å². The number of aromatic nitrogens is 3. The molecule has 1 aliphatic carbocycles. The smallest absolute Gasteiger partial charge is 0.274 e. The lowest BCUT2D eigenvalue weighted by Crippen LogP contribution is -2.57. The third kappa shape index (κ3) is 7.81. The number of hydrogen-bond donors (Lipinski definition) is 2. The molecular weight excluding hydrogens is 863 g/mol. The number of carbonyl (C=O) groups excluding carboxylic acids is 5. The Morgan fingerprint density at radius 3 is 2.26 bits per heavy atom. The third-order valence-electron chi connectivity index (χ3n) is 15.8. The minimum atomic E-state index is -0.981. The maximum absolute atomic E-state index is 13.9. The van der Waals surface area contributed by atoms with Crippen molar-refractivity contribution >= 4 is 58.1 Å². The SMILES string of the molecule is C[C@H]1CN(C2CCN(c3ccc4c(c3)C(=O)N(C3CCC(=O)NC3=O)C4=O)CC2)CCN1c1ccc(Nc2cc(N3CCCC(N4CCn5c(cc6c5CC(C)(C)C6)C4=O)C3)cn(C)c2=O)nc1. The van der Waals surface area contributed by atoms with Crippen LogP contribution in [0, 0.1) is 5.41 Å².